The number of anilines is 1. The molecule has 0 bridgehead atoms. The van der Waals surface area contributed by atoms with E-state index in [1.165, 1.54) is 16.2 Å². The Labute approximate surface area is 121 Å². The first-order valence-electron chi connectivity index (χ1n) is 5.78. The largest absolute Gasteiger partial charge is 0.375 e. The second-order valence-electron chi connectivity index (χ2n) is 4.08. The minimum Gasteiger partial charge on any atom is -0.375 e. The van der Waals surface area contributed by atoms with Crippen LogP contribution in [0.15, 0.2) is 18.2 Å². The van der Waals surface area contributed by atoms with Crippen molar-refractivity contribution >= 4 is 39.7 Å². The van der Waals surface area contributed by atoms with Crippen LogP contribution in [0.2, 0.25) is 10.0 Å². The van der Waals surface area contributed by atoms with E-state index in [2.05, 4.69) is 11.9 Å². The Morgan fingerprint density at radius 3 is 2.78 bits per heavy atom. The molecule has 0 aliphatic carbocycles. The molecule has 0 aliphatic heterocycles. The Balaban J connectivity index is 2.27. The molecular weight excluding hydrogens is 287 g/mol. The highest BCUT2D eigenvalue weighted by Crippen LogP contribution is 2.28. The molecule has 2 aromatic rings. The van der Waals surface area contributed by atoms with Gasteiger partial charge < -0.3 is 5.73 Å². The molecule has 2 rings (SSSR count). The molecule has 1 aromatic heterocycles. The molecule has 0 spiro atoms. The van der Waals surface area contributed by atoms with Crippen LogP contribution in [0.5, 0.6) is 0 Å². The van der Waals surface area contributed by atoms with Crippen molar-refractivity contribution < 1.29 is 0 Å². The third-order valence-corrected chi connectivity index (χ3v) is 4.16. The lowest BCUT2D eigenvalue weighted by Crippen LogP contribution is -1.93. The summed E-state index contributed by atoms with van der Waals surface area (Å²) in [5, 5.41) is 1.97. The van der Waals surface area contributed by atoms with Crippen molar-refractivity contribution in [1.82, 2.24) is 4.98 Å². The first-order valence-corrected chi connectivity index (χ1v) is 7.35. The van der Waals surface area contributed by atoms with E-state index in [-0.39, 0.29) is 0 Å². The van der Waals surface area contributed by atoms with Crippen LogP contribution in [-0.4, -0.2) is 4.98 Å². The maximum absolute atomic E-state index is 6.18. The Kier molecular flexibility index (Phi) is 4.49. The van der Waals surface area contributed by atoms with Gasteiger partial charge in [0.25, 0.3) is 0 Å². The summed E-state index contributed by atoms with van der Waals surface area (Å²) < 4.78 is 0. The van der Waals surface area contributed by atoms with Gasteiger partial charge in [0.2, 0.25) is 0 Å². The molecule has 18 heavy (non-hydrogen) atoms. The van der Waals surface area contributed by atoms with Crippen molar-refractivity contribution in [3.8, 4) is 0 Å². The molecule has 0 unspecified atom stereocenters. The summed E-state index contributed by atoms with van der Waals surface area (Å²) in [5.41, 5.74) is 7.93. The molecule has 5 heteroatoms. The van der Waals surface area contributed by atoms with Crippen LogP contribution in [0.4, 0.5) is 5.13 Å². The van der Waals surface area contributed by atoms with E-state index in [0.717, 1.165) is 30.5 Å². The van der Waals surface area contributed by atoms with Crippen molar-refractivity contribution in [2.45, 2.75) is 26.2 Å². The quantitative estimate of drug-likeness (QED) is 0.898. The predicted octanol–water partition coefficient (Wildman–Crippen LogP) is 4.58. The summed E-state index contributed by atoms with van der Waals surface area (Å²) in [5.74, 6) is 0. The highest BCUT2D eigenvalue weighted by atomic mass is 35.5. The lowest BCUT2D eigenvalue weighted by Gasteiger charge is -2.04. The molecule has 0 saturated carbocycles. The molecule has 0 fully saturated rings. The van der Waals surface area contributed by atoms with Crippen LogP contribution < -0.4 is 5.73 Å². The van der Waals surface area contributed by atoms with Crippen LogP contribution in [0.3, 0.4) is 0 Å². The van der Waals surface area contributed by atoms with Crippen molar-refractivity contribution in [3.63, 3.8) is 0 Å². The van der Waals surface area contributed by atoms with E-state index in [9.17, 15) is 0 Å². The van der Waals surface area contributed by atoms with Crippen LogP contribution in [0, 0.1) is 0 Å². The van der Waals surface area contributed by atoms with Gasteiger partial charge >= 0.3 is 0 Å². The number of nitrogens with zero attached hydrogens (tertiary/aromatic N) is 1. The molecule has 2 nitrogen and oxygen atoms in total. The second kappa shape index (κ2) is 5.91. The summed E-state index contributed by atoms with van der Waals surface area (Å²) in [6.45, 7) is 2.13. The highest BCUT2D eigenvalue weighted by Gasteiger charge is 2.11. The molecule has 1 heterocycles. The van der Waals surface area contributed by atoms with Gasteiger partial charge in [-0.1, -0.05) is 42.6 Å². The fraction of sp³-hybridized carbons (Fsp3) is 0.308. The number of nitrogens with two attached hydrogens (primary N) is 1. The van der Waals surface area contributed by atoms with Crippen LogP contribution in [0.25, 0.3) is 0 Å². The SMILES string of the molecule is CCCc1nc(N)sc1Cc1ccc(Cl)cc1Cl. The normalized spacial score (nSPS) is 10.8. The second-order valence-corrected chi connectivity index (χ2v) is 6.04. The van der Waals surface area contributed by atoms with Crippen molar-refractivity contribution in [2.75, 3.05) is 5.73 Å². The lowest BCUT2D eigenvalue weighted by molar-refractivity contribution is 0.879. The van der Waals surface area contributed by atoms with E-state index < -0.39 is 0 Å². The third-order valence-electron chi connectivity index (χ3n) is 2.65. The zero-order chi connectivity index (χ0) is 13.1. The zero-order valence-corrected chi connectivity index (χ0v) is 12.4. The molecule has 1 aromatic carbocycles. The van der Waals surface area contributed by atoms with E-state index in [1.807, 2.05) is 12.1 Å². The number of thiazole rings is 1. The minimum absolute atomic E-state index is 0.624. The van der Waals surface area contributed by atoms with Gasteiger partial charge in [-0.25, -0.2) is 4.98 Å². The Bertz CT molecular complexity index is 552. The number of nitrogen functional groups attached to an aromatic ring is 1. The Morgan fingerprint density at radius 2 is 2.11 bits per heavy atom. The van der Waals surface area contributed by atoms with Gasteiger partial charge in [0.05, 0.1) is 5.69 Å². The average Bonchev–Trinajstić information content (AvgIpc) is 2.64. The number of aryl methyl sites for hydroxylation is 1. The van der Waals surface area contributed by atoms with Gasteiger partial charge in [0, 0.05) is 21.3 Å². The van der Waals surface area contributed by atoms with Crippen molar-refractivity contribution in [2.24, 2.45) is 0 Å². The molecule has 0 radical (unpaired) electrons. The highest BCUT2D eigenvalue weighted by molar-refractivity contribution is 7.15. The Morgan fingerprint density at radius 1 is 1.33 bits per heavy atom. The topological polar surface area (TPSA) is 38.9 Å². The van der Waals surface area contributed by atoms with Crippen LogP contribution >= 0.6 is 34.5 Å². The Hall–Kier alpha value is -0.770. The van der Waals surface area contributed by atoms with Gasteiger partial charge in [-0.2, -0.15) is 0 Å². The van der Waals surface area contributed by atoms with Gasteiger partial charge in [0.1, 0.15) is 0 Å². The first-order chi connectivity index (χ1) is 8.60. The van der Waals surface area contributed by atoms with Gasteiger partial charge in [0.15, 0.2) is 5.13 Å². The fourth-order valence-electron chi connectivity index (χ4n) is 1.81. The van der Waals surface area contributed by atoms with Crippen molar-refractivity contribution in [3.05, 3.63) is 44.4 Å². The van der Waals surface area contributed by atoms with E-state index in [1.54, 1.807) is 6.07 Å². The smallest absolute Gasteiger partial charge is 0.180 e. The van der Waals surface area contributed by atoms with Crippen LogP contribution in [0.1, 0.15) is 29.5 Å². The lowest BCUT2D eigenvalue weighted by atomic mass is 10.1. The van der Waals surface area contributed by atoms with E-state index >= 15 is 0 Å². The third kappa shape index (κ3) is 3.16. The summed E-state index contributed by atoms with van der Waals surface area (Å²) in [7, 11) is 0. The zero-order valence-electron chi connectivity index (χ0n) is 10.0. The molecule has 0 aliphatic rings. The molecule has 96 valence electrons. The average molecular weight is 301 g/mol. The summed E-state index contributed by atoms with van der Waals surface area (Å²) in [6, 6.07) is 5.57. The van der Waals surface area contributed by atoms with Gasteiger partial charge in [-0.15, -0.1) is 11.3 Å². The fourth-order valence-corrected chi connectivity index (χ4v) is 3.19. The number of aromatic nitrogens is 1. The van der Waals surface area contributed by atoms with Gasteiger partial charge in [-0.3, -0.25) is 0 Å². The predicted molar refractivity (Wildman–Crippen MR) is 79.8 cm³/mol. The number of benzene rings is 1. The van der Waals surface area contributed by atoms with Crippen LogP contribution in [-0.2, 0) is 12.8 Å². The van der Waals surface area contributed by atoms with Gasteiger partial charge in [-0.05, 0) is 24.1 Å². The number of rotatable bonds is 4. The maximum Gasteiger partial charge on any atom is 0.180 e. The number of hydrogen-bond acceptors (Lipinski definition) is 3. The minimum atomic E-state index is 0.624. The number of hydrogen-bond donors (Lipinski definition) is 1. The van der Waals surface area contributed by atoms with Crippen molar-refractivity contribution in [1.29, 1.82) is 0 Å². The maximum atomic E-state index is 6.18. The number of halogens is 2. The monoisotopic (exact) mass is 300 g/mol. The molecule has 0 atom stereocenters. The summed E-state index contributed by atoms with van der Waals surface area (Å²) >= 11 is 13.6. The first kappa shape index (κ1) is 13.7. The van der Waals surface area contributed by atoms with E-state index in [0.29, 0.717) is 15.2 Å². The standard InChI is InChI=1S/C13H14Cl2N2S/c1-2-3-11-12(18-13(16)17-11)6-8-4-5-9(14)7-10(8)15/h4-5,7H,2-3,6H2,1H3,(H2,16,17). The summed E-state index contributed by atoms with van der Waals surface area (Å²) in [4.78, 5) is 5.56. The van der Waals surface area contributed by atoms with E-state index in [4.69, 9.17) is 28.9 Å². The molecule has 0 saturated heterocycles. The molecule has 0 amide bonds. The molecular formula is C13H14Cl2N2S. The summed E-state index contributed by atoms with van der Waals surface area (Å²) in [6.07, 6.45) is 2.78. The molecule has 2 N–H and O–H groups in total.